The van der Waals surface area contributed by atoms with Crippen molar-refractivity contribution >= 4 is 23.4 Å². The average molecular weight is 549 g/mol. The Morgan fingerprint density at radius 1 is 0.927 bits per heavy atom. The molecule has 1 aliphatic rings. The number of carboxylic acid groups (broad SMARTS) is 1. The highest BCUT2D eigenvalue weighted by Gasteiger charge is 2.20. The summed E-state index contributed by atoms with van der Waals surface area (Å²) in [7, 11) is 0. The molecule has 0 amide bonds. The summed E-state index contributed by atoms with van der Waals surface area (Å²) in [6.45, 7) is 3.26. The number of aliphatic carboxylic acids is 1. The molecule has 6 heteroatoms. The van der Waals surface area contributed by atoms with Gasteiger partial charge in [0.2, 0.25) is 0 Å². The van der Waals surface area contributed by atoms with Gasteiger partial charge in [-0.15, -0.1) is 0 Å². The fourth-order valence-corrected chi connectivity index (χ4v) is 5.44. The molecule has 0 fully saturated rings. The number of carbonyl (C=O) groups is 1. The van der Waals surface area contributed by atoms with Crippen LogP contribution in [-0.2, 0) is 17.6 Å². The molecule has 41 heavy (non-hydrogen) atoms. The van der Waals surface area contributed by atoms with Crippen molar-refractivity contribution in [2.24, 2.45) is 0 Å². The number of carboxylic acids is 1. The first-order valence-corrected chi connectivity index (χ1v) is 14.6. The number of hydrogen-bond donors (Lipinski definition) is 1. The van der Waals surface area contributed by atoms with Crippen molar-refractivity contribution in [1.82, 2.24) is 0 Å². The van der Waals surface area contributed by atoms with Crippen LogP contribution in [0.2, 0.25) is 0 Å². The van der Waals surface area contributed by atoms with Gasteiger partial charge >= 0.3 is 5.97 Å². The highest BCUT2D eigenvalue weighted by atomic mass is 16.4. The number of nitriles is 1. The number of fused-ring (bicyclic) bond motifs is 1. The van der Waals surface area contributed by atoms with E-state index in [9.17, 15) is 4.79 Å². The SMILES string of the molecule is CCCCCCCCc1ccc(N2CCCc3cc(-c4ccc(-c5ccc(/C=C(\C#N)C(=O)O)o5)o4)ccc32)cc1. The van der Waals surface area contributed by atoms with Crippen LogP contribution in [0, 0.1) is 11.3 Å². The second kappa shape index (κ2) is 13.2. The van der Waals surface area contributed by atoms with Crippen molar-refractivity contribution in [1.29, 1.82) is 5.26 Å². The normalized spacial score (nSPS) is 13.2. The minimum atomic E-state index is -1.29. The number of unbranched alkanes of at least 4 members (excludes halogenated alkanes) is 5. The molecule has 1 N–H and O–H groups in total. The van der Waals surface area contributed by atoms with Crippen LogP contribution in [0.15, 0.2) is 81.1 Å². The Morgan fingerprint density at radius 2 is 1.66 bits per heavy atom. The molecule has 0 saturated heterocycles. The number of anilines is 2. The third kappa shape index (κ3) is 6.81. The third-order valence-corrected chi connectivity index (χ3v) is 7.66. The first-order valence-electron chi connectivity index (χ1n) is 14.6. The molecule has 2 aromatic carbocycles. The van der Waals surface area contributed by atoms with E-state index in [2.05, 4.69) is 54.3 Å². The second-order valence-corrected chi connectivity index (χ2v) is 10.6. The Morgan fingerprint density at radius 3 is 2.44 bits per heavy atom. The molecule has 0 bridgehead atoms. The quantitative estimate of drug-likeness (QED) is 0.108. The molecule has 2 aromatic heterocycles. The van der Waals surface area contributed by atoms with Gasteiger partial charge in [0.1, 0.15) is 23.2 Å². The fraction of sp³-hybridized carbons (Fsp3) is 0.314. The van der Waals surface area contributed by atoms with Crippen LogP contribution in [0.25, 0.3) is 28.9 Å². The molecule has 0 spiro atoms. The van der Waals surface area contributed by atoms with Crippen molar-refractivity contribution in [3.63, 3.8) is 0 Å². The number of furan rings is 2. The molecule has 6 nitrogen and oxygen atoms in total. The van der Waals surface area contributed by atoms with Crippen LogP contribution < -0.4 is 4.90 Å². The predicted octanol–water partition coefficient (Wildman–Crippen LogP) is 9.19. The van der Waals surface area contributed by atoms with Crippen molar-refractivity contribution in [3.05, 3.63) is 89.2 Å². The smallest absolute Gasteiger partial charge is 0.346 e. The van der Waals surface area contributed by atoms with Crippen molar-refractivity contribution in [2.45, 2.75) is 64.7 Å². The van der Waals surface area contributed by atoms with Crippen LogP contribution >= 0.6 is 0 Å². The van der Waals surface area contributed by atoms with E-state index in [4.69, 9.17) is 19.2 Å². The molecule has 3 heterocycles. The molecular formula is C35H36N2O4. The fourth-order valence-electron chi connectivity index (χ4n) is 5.44. The summed E-state index contributed by atoms with van der Waals surface area (Å²) in [6.07, 6.45) is 12.4. The van der Waals surface area contributed by atoms with Crippen LogP contribution in [0.4, 0.5) is 11.4 Å². The van der Waals surface area contributed by atoms with Crippen molar-refractivity contribution in [2.75, 3.05) is 11.4 Å². The van der Waals surface area contributed by atoms with E-state index in [-0.39, 0.29) is 5.76 Å². The summed E-state index contributed by atoms with van der Waals surface area (Å²) in [5.74, 6) is 0.720. The molecule has 1 aliphatic heterocycles. The Bertz CT molecular complexity index is 1550. The molecule has 4 aromatic rings. The summed E-state index contributed by atoms with van der Waals surface area (Å²) in [4.78, 5) is 13.5. The standard InChI is InChI=1S/C35H36N2O4/c1-2-3-4-5-6-7-9-25-11-14-29(15-12-25)37-21-8-10-26-22-27(13-17-31(26)37)32-19-20-34(41-32)33-18-16-30(40-33)23-28(24-36)35(38)39/h11-20,22-23H,2-10,21H2,1H3,(H,38,39)/b28-23+. The zero-order valence-electron chi connectivity index (χ0n) is 23.6. The van der Waals surface area contributed by atoms with E-state index in [1.54, 1.807) is 18.2 Å². The monoisotopic (exact) mass is 548 g/mol. The zero-order valence-corrected chi connectivity index (χ0v) is 23.6. The van der Waals surface area contributed by atoms with Gasteiger partial charge in [0.05, 0.1) is 0 Å². The van der Waals surface area contributed by atoms with E-state index < -0.39 is 11.5 Å². The molecule has 210 valence electrons. The first-order chi connectivity index (χ1) is 20.1. The van der Waals surface area contributed by atoms with E-state index in [1.165, 1.54) is 67.1 Å². The van der Waals surface area contributed by atoms with Crippen molar-refractivity contribution in [3.8, 4) is 28.9 Å². The summed E-state index contributed by atoms with van der Waals surface area (Å²) in [5.41, 5.74) is 5.79. The molecule has 0 radical (unpaired) electrons. The maximum absolute atomic E-state index is 11.1. The van der Waals surface area contributed by atoms with E-state index >= 15 is 0 Å². The zero-order chi connectivity index (χ0) is 28.6. The van der Waals surface area contributed by atoms with Gasteiger partial charge in [0, 0.05) is 29.6 Å². The summed E-state index contributed by atoms with van der Waals surface area (Å²) >= 11 is 0. The largest absolute Gasteiger partial charge is 0.477 e. The molecule has 5 rings (SSSR count). The van der Waals surface area contributed by atoms with Gasteiger partial charge in [0.15, 0.2) is 11.5 Å². The highest BCUT2D eigenvalue weighted by Crippen LogP contribution is 2.37. The van der Waals surface area contributed by atoms with E-state index in [0.29, 0.717) is 11.5 Å². The Kier molecular flexibility index (Phi) is 9.05. The van der Waals surface area contributed by atoms with Crippen molar-refractivity contribution < 1.29 is 18.7 Å². The Balaban J connectivity index is 1.26. The number of benzene rings is 2. The van der Waals surface area contributed by atoms with Crippen LogP contribution in [0.3, 0.4) is 0 Å². The third-order valence-electron chi connectivity index (χ3n) is 7.66. The van der Waals surface area contributed by atoms with E-state index in [1.807, 2.05) is 12.1 Å². The van der Waals surface area contributed by atoms with E-state index in [0.717, 1.165) is 37.1 Å². The van der Waals surface area contributed by atoms with Gasteiger partial charge < -0.3 is 18.8 Å². The van der Waals surface area contributed by atoms with Gasteiger partial charge in [0.25, 0.3) is 0 Å². The summed E-state index contributed by atoms with van der Waals surface area (Å²) in [5, 5.41) is 18.0. The number of hydrogen-bond acceptors (Lipinski definition) is 5. The average Bonchev–Trinajstić information content (AvgIpc) is 3.67. The van der Waals surface area contributed by atoms with Gasteiger partial charge in [-0.2, -0.15) is 5.26 Å². The molecule has 0 aliphatic carbocycles. The molecular weight excluding hydrogens is 512 g/mol. The van der Waals surface area contributed by atoms with Gasteiger partial charge in [-0.3, -0.25) is 0 Å². The summed E-state index contributed by atoms with van der Waals surface area (Å²) in [6, 6.07) is 24.3. The topological polar surface area (TPSA) is 90.6 Å². The van der Waals surface area contributed by atoms with Crippen LogP contribution in [0.5, 0.6) is 0 Å². The lowest BCUT2D eigenvalue weighted by molar-refractivity contribution is -0.132. The Labute approximate surface area is 241 Å². The second-order valence-electron chi connectivity index (χ2n) is 10.6. The lowest BCUT2D eigenvalue weighted by atomic mass is 9.97. The first kappa shape index (κ1) is 28.0. The maximum atomic E-state index is 11.1. The minimum absolute atomic E-state index is 0.279. The number of nitrogens with zero attached hydrogens (tertiary/aromatic N) is 2. The van der Waals surface area contributed by atoms with Crippen LogP contribution in [0.1, 0.15) is 68.8 Å². The van der Waals surface area contributed by atoms with Gasteiger partial charge in [-0.05, 0) is 91.4 Å². The minimum Gasteiger partial charge on any atom is -0.477 e. The Hall–Kier alpha value is -4.50. The van der Waals surface area contributed by atoms with Crippen LogP contribution in [-0.4, -0.2) is 17.6 Å². The van der Waals surface area contributed by atoms with Gasteiger partial charge in [-0.25, -0.2) is 4.79 Å². The molecule has 0 unspecified atom stereocenters. The number of aryl methyl sites for hydroxylation is 2. The van der Waals surface area contributed by atoms with Gasteiger partial charge in [-0.1, -0.05) is 51.2 Å². The maximum Gasteiger partial charge on any atom is 0.346 e. The molecule has 0 atom stereocenters. The summed E-state index contributed by atoms with van der Waals surface area (Å²) < 4.78 is 11.8. The number of rotatable bonds is 12. The lowest BCUT2D eigenvalue weighted by Crippen LogP contribution is -2.24. The highest BCUT2D eigenvalue weighted by molar-refractivity contribution is 5.96. The predicted molar refractivity (Wildman–Crippen MR) is 162 cm³/mol. The molecule has 0 saturated carbocycles. The lowest BCUT2D eigenvalue weighted by Gasteiger charge is -2.32.